The minimum Gasteiger partial charge on any atom is -0.361 e. The lowest BCUT2D eigenvalue weighted by Crippen LogP contribution is -2.37. The molecular formula is C18H25BrN4O. The van der Waals surface area contributed by atoms with E-state index in [4.69, 9.17) is 4.52 Å². The van der Waals surface area contributed by atoms with Gasteiger partial charge < -0.3 is 15.2 Å². The van der Waals surface area contributed by atoms with Gasteiger partial charge in [0.05, 0.1) is 12.2 Å². The summed E-state index contributed by atoms with van der Waals surface area (Å²) in [7, 11) is 0. The number of aliphatic imine (C=N–C) groups is 1. The molecule has 0 aliphatic heterocycles. The van der Waals surface area contributed by atoms with E-state index >= 15 is 0 Å². The molecule has 1 aromatic heterocycles. The molecule has 2 N–H and O–H groups in total. The average molecular weight is 393 g/mol. The zero-order valence-electron chi connectivity index (χ0n) is 14.5. The molecule has 130 valence electrons. The topological polar surface area (TPSA) is 62.5 Å². The highest BCUT2D eigenvalue weighted by molar-refractivity contribution is 9.10. The quantitative estimate of drug-likeness (QED) is 0.555. The second kappa shape index (κ2) is 9.47. The van der Waals surface area contributed by atoms with Gasteiger partial charge in [-0.2, -0.15) is 0 Å². The predicted octanol–water partition coefficient (Wildman–Crippen LogP) is 3.82. The first-order valence-electron chi connectivity index (χ1n) is 8.40. The maximum atomic E-state index is 5.41. The Morgan fingerprint density at radius 2 is 1.88 bits per heavy atom. The van der Waals surface area contributed by atoms with Crippen LogP contribution in [0.25, 0.3) is 0 Å². The highest BCUT2D eigenvalue weighted by Crippen LogP contribution is 2.15. The van der Waals surface area contributed by atoms with Crippen molar-refractivity contribution in [3.8, 4) is 0 Å². The van der Waals surface area contributed by atoms with Gasteiger partial charge in [0, 0.05) is 29.5 Å². The molecule has 2 aromatic rings. The summed E-state index contributed by atoms with van der Waals surface area (Å²) in [5.74, 6) is 1.74. The largest absolute Gasteiger partial charge is 0.361 e. The van der Waals surface area contributed by atoms with E-state index in [-0.39, 0.29) is 0 Å². The second-order valence-electron chi connectivity index (χ2n) is 5.41. The van der Waals surface area contributed by atoms with E-state index in [1.165, 1.54) is 5.56 Å². The fourth-order valence-corrected chi connectivity index (χ4v) is 2.68. The third kappa shape index (κ3) is 5.09. The van der Waals surface area contributed by atoms with Gasteiger partial charge in [-0.3, -0.25) is 0 Å². The van der Waals surface area contributed by atoms with Crippen molar-refractivity contribution in [3.05, 3.63) is 51.3 Å². The normalized spacial score (nSPS) is 11.6. The standard InChI is InChI=1S/C18H25BrN4O/c1-4-16-15(17(5-2)24-23-16)12-22-18(20-6-3)21-11-13-7-9-14(19)10-8-13/h7-10H,4-6,11-12H2,1-3H3,(H2,20,21,22). The fourth-order valence-electron chi connectivity index (χ4n) is 2.41. The number of benzene rings is 1. The van der Waals surface area contributed by atoms with E-state index < -0.39 is 0 Å². The number of halogens is 1. The Balaban J connectivity index is 2.04. The highest BCUT2D eigenvalue weighted by atomic mass is 79.9. The van der Waals surface area contributed by atoms with Crippen molar-refractivity contribution in [2.75, 3.05) is 6.54 Å². The average Bonchev–Trinajstić information content (AvgIpc) is 3.00. The SMILES string of the molecule is CCNC(=NCc1ccc(Br)cc1)NCc1c(CC)noc1CC. The molecule has 0 bridgehead atoms. The van der Waals surface area contributed by atoms with Gasteiger partial charge in [0.15, 0.2) is 5.96 Å². The molecule has 24 heavy (non-hydrogen) atoms. The van der Waals surface area contributed by atoms with Gasteiger partial charge in [0.2, 0.25) is 0 Å². The lowest BCUT2D eigenvalue weighted by Gasteiger charge is -2.11. The van der Waals surface area contributed by atoms with Gasteiger partial charge in [0.1, 0.15) is 5.76 Å². The fraction of sp³-hybridized carbons (Fsp3) is 0.444. The van der Waals surface area contributed by atoms with Gasteiger partial charge >= 0.3 is 0 Å². The maximum absolute atomic E-state index is 5.41. The van der Waals surface area contributed by atoms with E-state index in [1.54, 1.807) is 0 Å². The highest BCUT2D eigenvalue weighted by Gasteiger charge is 2.13. The summed E-state index contributed by atoms with van der Waals surface area (Å²) < 4.78 is 6.49. The van der Waals surface area contributed by atoms with Crippen molar-refractivity contribution >= 4 is 21.9 Å². The summed E-state index contributed by atoms with van der Waals surface area (Å²) in [6.07, 6.45) is 1.71. The Morgan fingerprint density at radius 1 is 1.12 bits per heavy atom. The van der Waals surface area contributed by atoms with E-state index in [2.05, 4.69) is 69.6 Å². The number of guanidine groups is 1. The van der Waals surface area contributed by atoms with Crippen LogP contribution in [0.3, 0.4) is 0 Å². The number of hydrogen-bond acceptors (Lipinski definition) is 3. The van der Waals surface area contributed by atoms with Crippen LogP contribution in [-0.2, 0) is 25.9 Å². The summed E-state index contributed by atoms with van der Waals surface area (Å²) in [6, 6.07) is 8.20. The minimum atomic E-state index is 0.632. The molecule has 1 aromatic carbocycles. The summed E-state index contributed by atoms with van der Waals surface area (Å²) >= 11 is 3.45. The van der Waals surface area contributed by atoms with Crippen molar-refractivity contribution in [1.29, 1.82) is 0 Å². The Kier molecular flexibility index (Phi) is 7.31. The maximum Gasteiger partial charge on any atom is 0.191 e. The molecule has 2 rings (SSSR count). The molecule has 0 spiro atoms. The summed E-state index contributed by atoms with van der Waals surface area (Å²) in [5.41, 5.74) is 3.33. The monoisotopic (exact) mass is 392 g/mol. The third-order valence-electron chi connectivity index (χ3n) is 3.72. The number of nitrogens with one attached hydrogen (secondary N) is 2. The molecule has 0 aliphatic carbocycles. The molecule has 5 nitrogen and oxygen atoms in total. The molecule has 0 saturated heterocycles. The smallest absolute Gasteiger partial charge is 0.191 e. The zero-order chi connectivity index (χ0) is 17.4. The van der Waals surface area contributed by atoms with Gasteiger partial charge in [-0.1, -0.05) is 47.1 Å². The van der Waals surface area contributed by atoms with Crippen LogP contribution in [0.2, 0.25) is 0 Å². The Labute approximate surface area is 152 Å². The number of nitrogens with zero attached hydrogens (tertiary/aromatic N) is 2. The molecule has 0 aliphatic rings. The molecule has 0 amide bonds. The summed E-state index contributed by atoms with van der Waals surface area (Å²) in [6.45, 7) is 8.35. The first-order valence-corrected chi connectivity index (χ1v) is 9.20. The van der Waals surface area contributed by atoms with Crippen molar-refractivity contribution in [1.82, 2.24) is 15.8 Å². The van der Waals surface area contributed by atoms with Crippen LogP contribution in [-0.4, -0.2) is 17.7 Å². The Bertz CT molecular complexity index is 643. The van der Waals surface area contributed by atoms with Crippen LogP contribution in [0.15, 0.2) is 38.3 Å². The molecule has 6 heteroatoms. The van der Waals surface area contributed by atoms with Crippen LogP contribution in [0.4, 0.5) is 0 Å². The molecule has 0 unspecified atom stereocenters. The van der Waals surface area contributed by atoms with Gasteiger partial charge in [-0.25, -0.2) is 4.99 Å². The van der Waals surface area contributed by atoms with E-state index in [9.17, 15) is 0 Å². The van der Waals surface area contributed by atoms with Crippen molar-refractivity contribution < 1.29 is 4.52 Å². The molecule has 0 radical (unpaired) electrons. The van der Waals surface area contributed by atoms with E-state index in [1.807, 2.05) is 12.1 Å². The van der Waals surface area contributed by atoms with E-state index in [0.29, 0.717) is 13.1 Å². The molecule has 0 atom stereocenters. The third-order valence-corrected chi connectivity index (χ3v) is 4.25. The molecule has 0 saturated carbocycles. The number of rotatable bonds is 7. The van der Waals surface area contributed by atoms with Crippen LogP contribution in [0.5, 0.6) is 0 Å². The summed E-state index contributed by atoms with van der Waals surface area (Å²) in [4.78, 5) is 4.65. The van der Waals surface area contributed by atoms with Crippen LogP contribution in [0, 0.1) is 0 Å². The van der Waals surface area contributed by atoms with Crippen LogP contribution in [0.1, 0.15) is 43.4 Å². The number of aryl methyl sites for hydroxylation is 2. The second-order valence-corrected chi connectivity index (χ2v) is 6.33. The predicted molar refractivity (Wildman–Crippen MR) is 101 cm³/mol. The molecular weight excluding hydrogens is 368 g/mol. The minimum absolute atomic E-state index is 0.632. The van der Waals surface area contributed by atoms with Gasteiger partial charge in [-0.15, -0.1) is 0 Å². The zero-order valence-corrected chi connectivity index (χ0v) is 16.1. The Hall–Kier alpha value is -1.82. The van der Waals surface area contributed by atoms with Gasteiger partial charge in [0.25, 0.3) is 0 Å². The molecule has 0 fully saturated rings. The lowest BCUT2D eigenvalue weighted by molar-refractivity contribution is 0.380. The first-order chi connectivity index (χ1) is 11.7. The number of hydrogen-bond donors (Lipinski definition) is 2. The molecule has 1 heterocycles. The lowest BCUT2D eigenvalue weighted by atomic mass is 10.1. The van der Waals surface area contributed by atoms with Crippen LogP contribution >= 0.6 is 15.9 Å². The Morgan fingerprint density at radius 3 is 2.50 bits per heavy atom. The number of aromatic nitrogens is 1. The van der Waals surface area contributed by atoms with Crippen molar-refractivity contribution in [2.45, 2.75) is 46.7 Å². The van der Waals surface area contributed by atoms with Crippen molar-refractivity contribution in [3.63, 3.8) is 0 Å². The summed E-state index contributed by atoms with van der Waals surface area (Å²) in [5, 5.41) is 10.8. The van der Waals surface area contributed by atoms with E-state index in [0.717, 1.165) is 46.8 Å². The van der Waals surface area contributed by atoms with Crippen LogP contribution < -0.4 is 10.6 Å². The first kappa shape index (κ1) is 18.5. The van der Waals surface area contributed by atoms with Crippen molar-refractivity contribution in [2.24, 2.45) is 4.99 Å². The van der Waals surface area contributed by atoms with Gasteiger partial charge in [-0.05, 0) is 31.0 Å².